The Bertz CT molecular complexity index is 1010. The highest BCUT2D eigenvalue weighted by atomic mass is 32.2. The molecule has 0 aliphatic carbocycles. The van der Waals surface area contributed by atoms with Crippen molar-refractivity contribution >= 4 is 23.7 Å². The maximum absolute atomic E-state index is 11.6. The average molecular weight is 352 g/mol. The lowest BCUT2D eigenvalue weighted by molar-refractivity contribution is 0.0682. The molecule has 1 aliphatic heterocycles. The molecule has 6 nitrogen and oxygen atoms in total. The molecule has 0 spiro atoms. The Balaban J connectivity index is 1.95. The number of carboxylic acid groups (broad SMARTS) is 2. The molecule has 1 aromatic heterocycles. The Labute approximate surface area is 146 Å². The smallest absolute Gasteiger partial charge is 0.356 e. The van der Waals surface area contributed by atoms with Gasteiger partial charge in [-0.25, -0.2) is 14.3 Å². The molecule has 2 aromatic carbocycles. The molecule has 0 saturated carbocycles. The molecule has 25 heavy (non-hydrogen) atoms. The minimum Gasteiger partial charge on any atom is -0.478 e. The summed E-state index contributed by atoms with van der Waals surface area (Å²) in [6.45, 7) is 0. The van der Waals surface area contributed by atoms with Gasteiger partial charge in [0.05, 0.1) is 16.9 Å². The average Bonchev–Trinajstić information content (AvgIpc) is 3.02. The highest BCUT2D eigenvalue weighted by molar-refractivity contribution is 7.98. The monoisotopic (exact) mass is 352 g/mol. The van der Waals surface area contributed by atoms with Crippen LogP contribution in [0.4, 0.5) is 0 Å². The van der Waals surface area contributed by atoms with Gasteiger partial charge in [-0.05, 0) is 30.3 Å². The van der Waals surface area contributed by atoms with Crippen molar-refractivity contribution in [3.63, 3.8) is 0 Å². The van der Waals surface area contributed by atoms with Gasteiger partial charge >= 0.3 is 11.9 Å². The van der Waals surface area contributed by atoms with Crippen LogP contribution in [0.2, 0.25) is 0 Å². The molecule has 0 unspecified atom stereocenters. The van der Waals surface area contributed by atoms with Crippen molar-refractivity contribution in [2.24, 2.45) is 0 Å². The van der Waals surface area contributed by atoms with Crippen molar-refractivity contribution < 1.29 is 19.8 Å². The summed E-state index contributed by atoms with van der Waals surface area (Å²) in [4.78, 5) is 23.7. The quantitative estimate of drug-likeness (QED) is 0.749. The molecule has 0 fully saturated rings. The predicted octanol–water partition coefficient (Wildman–Crippen LogP) is 3.54. The number of benzene rings is 2. The molecule has 4 rings (SSSR count). The molecule has 0 radical (unpaired) electrons. The lowest BCUT2D eigenvalue weighted by atomic mass is 10.1. The second-order valence-corrected chi connectivity index (χ2v) is 6.55. The Morgan fingerprint density at radius 1 is 1.00 bits per heavy atom. The minimum absolute atomic E-state index is 0.0271. The van der Waals surface area contributed by atoms with Crippen molar-refractivity contribution in [1.29, 1.82) is 0 Å². The van der Waals surface area contributed by atoms with E-state index in [2.05, 4.69) is 5.10 Å². The van der Waals surface area contributed by atoms with Crippen LogP contribution in [0, 0.1) is 0 Å². The lowest BCUT2D eigenvalue weighted by Gasteiger charge is -2.18. The maximum Gasteiger partial charge on any atom is 0.356 e. The second-order valence-electron chi connectivity index (χ2n) is 5.53. The van der Waals surface area contributed by atoms with Gasteiger partial charge in [0.25, 0.3) is 0 Å². The molecule has 0 bridgehead atoms. The van der Waals surface area contributed by atoms with E-state index in [1.54, 1.807) is 28.6 Å². The Morgan fingerprint density at radius 3 is 2.40 bits per heavy atom. The van der Waals surface area contributed by atoms with Crippen LogP contribution < -0.4 is 0 Å². The number of nitrogens with zero attached hydrogens (tertiary/aromatic N) is 2. The fourth-order valence-electron chi connectivity index (χ4n) is 2.91. The molecule has 0 saturated heterocycles. The summed E-state index contributed by atoms with van der Waals surface area (Å²) in [5, 5.41) is 22.8. The third kappa shape index (κ3) is 2.49. The van der Waals surface area contributed by atoms with Crippen molar-refractivity contribution in [2.45, 2.75) is 10.6 Å². The standard InChI is InChI=1S/C18H12N2O4S/c21-17(22)10-5-7-11(8-6-10)20-16-12-3-1-2-4-14(12)25-9-13(16)15(19-20)18(23)24/h1-8H,9H2,(H,21,22)(H,23,24). The summed E-state index contributed by atoms with van der Waals surface area (Å²) >= 11 is 1.58. The zero-order valence-electron chi connectivity index (χ0n) is 12.8. The third-order valence-electron chi connectivity index (χ3n) is 4.06. The largest absolute Gasteiger partial charge is 0.478 e. The zero-order valence-corrected chi connectivity index (χ0v) is 13.7. The number of carbonyl (C=O) groups is 2. The van der Waals surface area contributed by atoms with Crippen molar-refractivity contribution in [1.82, 2.24) is 9.78 Å². The van der Waals surface area contributed by atoms with Crippen molar-refractivity contribution in [2.75, 3.05) is 0 Å². The Hall–Kier alpha value is -3.06. The normalized spacial score (nSPS) is 12.3. The highest BCUT2D eigenvalue weighted by Gasteiger charge is 2.29. The van der Waals surface area contributed by atoms with E-state index in [9.17, 15) is 14.7 Å². The van der Waals surface area contributed by atoms with Crippen LogP contribution >= 0.6 is 11.8 Å². The van der Waals surface area contributed by atoms with Gasteiger partial charge in [0.15, 0.2) is 5.69 Å². The van der Waals surface area contributed by atoms with Gasteiger partial charge in [-0.15, -0.1) is 11.8 Å². The van der Waals surface area contributed by atoms with E-state index in [1.165, 1.54) is 12.1 Å². The molecule has 0 atom stereocenters. The fraction of sp³-hybridized carbons (Fsp3) is 0.0556. The SMILES string of the molecule is O=C(O)c1ccc(-n2nc(C(=O)O)c3c2-c2ccccc2SC3)cc1. The van der Waals surface area contributed by atoms with Crippen molar-refractivity contribution in [3.05, 3.63) is 65.4 Å². The van der Waals surface area contributed by atoms with Gasteiger partial charge in [-0.3, -0.25) is 0 Å². The van der Waals surface area contributed by atoms with Crippen LogP contribution in [0.25, 0.3) is 16.9 Å². The number of aromatic nitrogens is 2. The molecule has 0 amide bonds. The van der Waals surface area contributed by atoms with E-state index in [1.807, 2.05) is 24.3 Å². The highest BCUT2D eigenvalue weighted by Crippen LogP contribution is 2.43. The second kappa shape index (κ2) is 5.78. The predicted molar refractivity (Wildman–Crippen MR) is 92.5 cm³/mol. The molecule has 2 N–H and O–H groups in total. The Morgan fingerprint density at radius 2 is 1.72 bits per heavy atom. The lowest BCUT2D eigenvalue weighted by Crippen LogP contribution is -2.04. The molecule has 1 aliphatic rings. The van der Waals surface area contributed by atoms with E-state index < -0.39 is 11.9 Å². The number of thioether (sulfide) groups is 1. The molecule has 3 aromatic rings. The molecule has 2 heterocycles. The number of hydrogen-bond donors (Lipinski definition) is 2. The molecular weight excluding hydrogens is 340 g/mol. The first kappa shape index (κ1) is 15.5. The third-order valence-corrected chi connectivity index (χ3v) is 5.16. The number of fused-ring (bicyclic) bond motifs is 3. The summed E-state index contributed by atoms with van der Waals surface area (Å²) in [5.74, 6) is -1.56. The van der Waals surface area contributed by atoms with Crippen LogP contribution in [-0.4, -0.2) is 31.9 Å². The van der Waals surface area contributed by atoms with Gasteiger partial charge < -0.3 is 10.2 Å². The number of rotatable bonds is 3. The van der Waals surface area contributed by atoms with Crippen LogP contribution in [0.5, 0.6) is 0 Å². The van der Waals surface area contributed by atoms with E-state index in [-0.39, 0.29) is 11.3 Å². The summed E-state index contributed by atoms with van der Waals surface area (Å²) < 4.78 is 1.59. The first-order valence-corrected chi connectivity index (χ1v) is 8.46. The summed E-state index contributed by atoms with van der Waals surface area (Å²) in [5.41, 5.74) is 3.17. The van der Waals surface area contributed by atoms with Crippen LogP contribution in [0.1, 0.15) is 26.4 Å². The van der Waals surface area contributed by atoms with E-state index >= 15 is 0 Å². The van der Waals surface area contributed by atoms with Gasteiger partial charge in [-0.2, -0.15) is 5.10 Å². The van der Waals surface area contributed by atoms with Gasteiger partial charge in [-0.1, -0.05) is 18.2 Å². The van der Waals surface area contributed by atoms with E-state index in [4.69, 9.17) is 5.11 Å². The van der Waals surface area contributed by atoms with Crippen LogP contribution in [0.3, 0.4) is 0 Å². The van der Waals surface area contributed by atoms with E-state index in [0.29, 0.717) is 17.0 Å². The first-order chi connectivity index (χ1) is 12.1. The van der Waals surface area contributed by atoms with Gasteiger partial charge in [0.1, 0.15) is 0 Å². The summed E-state index contributed by atoms with van der Waals surface area (Å²) in [6.07, 6.45) is 0. The minimum atomic E-state index is -1.07. The summed E-state index contributed by atoms with van der Waals surface area (Å²) in [6, 6.07) is 14.0. The van der Waals surface area contributed by atoms with E-state index in [0.717, 1.165) is 16.2 Å². The fourth-order valence-corrected chi connectivity index (χ4v) is 3.97. The van der Waals surface area contributed by atoms with Gasteiger partial charge in [0, 0.05) is 21.8 Å². The first-order valence-electron chi connectivity index (χ1n) is 7.47. The molecule has 7 heteroatoms. The number of carboxylic acids is 2. The van der Waals surface area contributed by atoms with Crippen LogP contribution in [-0.2, 0) is 5.75 Å². The summed E-state index contributed by atoms with van der Waals surface area (Å²) in [7, 11) is 0. The molecular formula is C18H12N2O4S. The topological polar surface area (TPSA) is 92.4 Å². The number of hydrogen-bond acceptors (Lipinski definition) is 4. The van der Waals surface area contributed by atoms with Crippen LogP contribution in [0.15, 0.2) is 53.4 Å². The Kier molecular flexibility index (Phi) is 3.58. The number of aromatic carboxylic acids is 2. The maximum atomic E-state index is 11.6. The molecule has 124 valence electrons. The van der Waals surface area contributed by atoms with Gasteiger partial charge in [0.2, 0.25) is 0 Å². The van der Waals surface area contributed by atoms with Crippen molar-refractivity contribution in [3.8, 4) is 16.9 Å². The zero-order chi connectivity index (χ0) is 17.6.